The minimum absolute atomic E-state index is 0.0104. The molecule has 0 atom stereocenters. The molecule has 88 valence electrons. The smallest absolute Gasteiger partial charge is 0.355 e. The number of amides is 1. The van der Waals surface area contributed by atoms with Crippen LogP contribution >= 0.6 is 11.3 Å². The number of hydrogen-bond acceptors (Lipinski definition) is 5. The van der Waals surface area contributed by atoms with Crippen molar-refractivity contribution in [3.05, 3.63) is 16.1 Å². The number of nitrogens with two attached hydrogens (primary N) is 1. The van der Waals surface area contributed by atoms with Gasteiger partial charge in [-0.25, -0.2) is 9.78 Å². The SMILES string of the molecule is NCCCC(=O)NCc1nc(C(=O)O)cs1. The predicted octanol–water partition coefficient (Wildman–Crippen LogP) is 0.196. The van der Waals surface area contributed by atoms with Crippen LogP contribution in [0.15, 0.2) is 5.38 Å². The summed E-state index contributed by atoms with van der Waals surface area (Å²) in [5, 5.41) is 13.3. The molecule has 0 fully saturated rings. The van der Waals surface area contributed by atoms with Crippen LogP contribution in [-0.4, -0.2) is 28.5 Å². The quantitative estimate of drug-likeness (QED) is 0.661. The summed E-state index contributed by atoms with van der Waals surface area (Å²) in [6.45, 7) is 0.745. The second kappa shape index (κ2) is 6.19. The number of nitrogens with one attached hydrogen (secondary N) is 1. The fourth-order valence-electron chi connectivity index (χ4n) is 1.02. The lowest BCUT2D eigenvalue weighted by molar-refractivity contribution is -0.121. The highest BCUT2D eigenvalue weighted by Gasteiger charge is 2.09. The number of carbonyl (C=O) groups excluding carboxylic acids is 1. The topological polar surface area (TPSA) is 105 Å². The van der Waals surface area contributed by atoms with Crippen LogP contribution in [-0.2, 0) is 11.3 Å². The summed E-state index contributed by atoms with van der Waals surface area (Å²) in [5.74, 6) is -1.16. The molecular weight excluding hydrogens is 230 g/mol. The Morgan fingerprint density at radius 2 is 2.31 bits per heavy atom. The summed E-state index contributed by atoms with van der Waals surface area (Å²) in [6, 6.07) is 0. The number of nitrogens with zero attached hydrogens (tertiary/aromatic N) is 1. The molecule has 7 heteroatoms. The summed E-state index contributed by atoms with van der Waals surface area (Å²) in [5.41, 5.74) is 5.28. The molecule has 0 radical (unpaired) electrons. The van der Waals surface area contributed by atoms with Gasteiger partial charge in [0.15, 0.2) is 5.69 Å². The number of carbonyl (C=O) groups is 2. The summed E-state index contributed by atoms with van der Waals surface area (Å²) in [7, 11) is 0. The van der Waals surface area contributed by atoms with Gasteiger partial charge in [0.2, 0.25) is 5.91 Å². The number of rotatable bonds is 6. The molecule has 1 aromatic heterocycles. The minimum atomic E-state index is -1.06. The third kappa shape index (κ3) is 3.95. The molecule has 0 aromatic carbocycles. The first-order valence-electron chi connectivity index (χ1n) is 4.78. The first-order valence-corrected chi connectivity index (χ1v) is 5.66. The fourth-order valence-corrected chi connectivity index (χ4v) is 1.72. The lowest BCUT2D eigenvalue weighted by Gasteiger charge is -2.01. The molecule has 0 unspecified atom stereocenters. The maximum absolute atomic E-state index is 11.2. The Kier molecular flexibility index (Phi) is 4.87. The van der Waals surface area contributed by atoms with Crippen LogP contribution in [0.1, 0.15) is 28.3 Å². The van der Waals surface area contributed by atoms with Gasteiger partial charge in [0.05, 0.1) is 6.54 Å². The van der Waals surface area contributed by atoms with E-state index in [-0.39, 0.29) is 18.1 Å². The van der Waals surface area contributed by atoms with Crippen LogP contribution in [0.4, 0.5) is 0 Å². The zero-order valence-electron chi connectivity index (χ0n) is 8.60. The van der Waals surface area contributed by atoms with Gasteiger partial charge in [-0.3, -0.25) is 4.79 Å². The van der Waals surface area contributed by atoms with Crippen LogP contribution in [0.2, 0.25) is 0 Å². The van der Waals surface area contributed by atoms with Gasteiger partial charge < -0.3 is 16.2 Å². The molecule has 1 rings (SSSR count). The minimum Gasteiger partial charge on any atom is -0.476 e. The maximum atomic E-state index is 11.2. The van der Waals surface area contributed by atoms with Crippen molar-refractivity contribution < 1.29 is 14.7 Å². The van der Waals surface area contributed by atoms with Crippen molar-refractivity contribution in [2.75, 3.05) is 6.54 Å². The summed E-state index contributed by atoms with van der Waals surface area (Å²) >= 11 is 1.21. The molecule has 0 aliphatic heterocycles. The van der Waals surface area contributed by atoms with Crippen LogP contribution in [0.25, 0.3) is 0 Å². The molecule has 4 N–H and O–H groups in total. The van der Waals surface area contributed by atoms with E-state index in [9.17, 15) is 9.59 Å². The lowest BCUT2D eigenvalue weighted by atomic mass is 10.3. The third-order valence-electron chi connectivity index (χ3n) is 1.82. The Balaban J connectivity index is 2.36. The average molecular weight is 243 g/mol. The largest absolute Gasteiger partial charge is 0.476 e. The number of carboxylic acids is 1. The van der Waals surface area contributed by atoms with Crippen molar-refractivity contribution in [1.29, 1.82) is 0 Å². The zero-order chi connectivity index (χ0) is 12.0. The van der Waals surface area contributed by atoms with E-state index < -0.39 is 5.97 Å². The predicted molar refractivity (Wildman–Crippen MR) is 59.2 cm³/mol. The van der Waals surface area contributed by atoms with Crippen LogP contribution in [0.5, 0.6) is 0 Å². The normalized spacial score (nSPS) is 10.1. The van der Waals surface area contributed by atoms with E-state index in [1.165, 1.54) is 16.7 Å². The first-order chi connectivity index (χ1) is 7.63. The molecule has 6 nitrogen and oxygen atoms in total. The molecule has 1 aromatic rings. The summed E-state index contributed by atoms with van der Waals surface area (Å²) < 4.78 is 0. The summed E-state index contributed by atoms with van der Waals surface area (Å²) in [4.78, 5) is 25.6. The van der Waals surface area contributed by atoms with Gasteiger partial charge in [-0.1, -0.05) is 0 Å². The van der Waals surface area contributed by atoms with Crippen molar-refractivity contribution in [2.24, 2.45) is 5.73 Å². The lowest BCUT2D eigenvalue weighted by Crippen LogP contribution is -2.23. The van der Waals surface area contributed by atoms with Crippen molar-refractivity contribution in [3.8, 4) is 0 Å². The van der Waals surface area contributed by atoms with Gasteiger partial charge in [-0.2, -0.15) is 0 Å². The van der Waals surface area contributed by atoms with E-state index in [1.807, 2.05) is 0 Å². The van der Waals surface area contributed by atoms with E-state index in [0.717, 1.165) is 0 Å². The second-order valence-electron chi connectivity index (χ2n) is 3.10. The molecule has 0 aliphatic carbocycles. The molecule has 0 spiro atoms. The first kappa shape index (κ1) is 12.6. The van der Waals surface area contributed by atoms with Gasteiger partial charge in [0, 0.05) is 11.8 Å². The molecule has 0 bridgehead atoms. The van der Waals surface area contributed by atoms with Crippen LogP contribution in [0.3, 0.4) is 0 Å². The molecule has 1 amide bonds. The number of aromatic nitrogens is 1. The van der Waals surface area contributed by atoms with E-state index in [2.05, 4.69) is 10.3 Å². The van der Waals surface area contributed by atoms with Gasteiger partial charge >= 0.3 is 5.97 Å². The Morgan fingerprint density at radius 3 is 2.88 bits per heavy atom. The highest BCUT2D eigenvalue weighted by Crippen LogP contribution is 2.09. The third-order valence-corrected chi connectivity index (χ3v) is 2.66. The number of thiazole rings is 1. The van der Waals surface area contributed by atoms with E-state index in [4.69, 9.17) is 10.8 Å². The van der Waals surface area contributed by atoms with Crippen LogP contribution < -0.4 is 11.1 Å². The van der Waals surface area contributed by atoms with Crippen molar-refractivity contribution in [1.82, 2.24) is 10.3 Å². The van der Waals surface area contributed by atoms with Crippen molar-refractivity contribution in [2.45, 2.75) is 19.4 Å². The van der Waals surface area contributed by atoms with Gasteiger partial charge in [0.1, 0.15) is 5.01 Å². The Morgan fingerprint density at radius 1 is 1.56 bits per heavy atom. The van der Waals surface area contributed by atoms with Gasteiger partial charge in [-0.05, 0) is 13.0 Å². The van der Waals surface area contributed by atoms with Crippen molar-refractivity contribution >= 4 is 23.2 Å². The van der Waals surface area contributed by atoms with Crippen molar-refractivity contribution in [3.63, 3.8) is 0 Å². The van der Waals surface area contributed by atoms with E-state index in [0.29, 0.717) is 24.4 Å². The molecule has 0 saturated carbocycles. The number of carboxylic acid groups (broad SMARTS) is 1. The Bertz CT molecular complexity index is 378. The van der Waals surface area contributed by atoms with Crippen LogP contribution in [0, 0.1) is 0 Å². The molecular formula is C9H13N3O3S. The zero-order valence-corrected chi connectivity index (χ0v) is 9.42. The molecule has 0 saturated heterocycles. The van der Waals surface area contributed by atoms with Gasteiger partial charge in [0.25, 0.3) is 0 Å². The van der Waals surface area contributed by atoms with E-state index in [1.54, 1.807) is 0 Å². The number of aromatic carboxylic acids is 1. The molecule has 1 heterocycles. The Labute approximate surface area is 96.5 Å². The average Bonchev–Trinajstić information content (AvgIpc) is 2.72. The summed E-state index contributed by atoms with van der Waals surface area (Å²) in [6.07, 6.45) is 1.03. The second-order valence-corrected chi connectivity index (χ2v) is 4.04. The maximum Gasteiger partial charge on any atom is 0.355 e. The highest BCUT2D eigenvalue weighted by atomic mass is 32.1. The van der Waals surface area contributed by atoms with E-state index >= 15 is 0 Å². The molecule has 16 heavy (non-hydrogen) atoms. The fraction of sp³-hybridized carbons (Fsp3) is 0.444. The highest BCUT2D eigenvalue weighted by molar-refractivity contribution is 7.09. The van der Waals surface area contributed by atoms with Gasteiger partial charge in [-0.15, -0.1) is 11.3 Å². The molecule has 0 aliphatic rings. The number of hydrogen-bond donors (Lipinski definition) is 3. The standard InChI is InChI=1S/C9H13N3O3S/c10-3-1-2-7(13)11-4-8-12-6(5-16-8)9(14)15/h5H,1-4,10H2,(H,11,13)(H,14,15). The monoisotopic (exact) mass is 243 g/mol. The Hall–Kier alpha value is -1.47.